The topological polar surface area (TPSA) is 39.2 Å². The van der Waals surface area contributed by atoms with Crippen molar-refractivity contribution in [2.24, 2.45) is 0 Å². The highest BCUT2D eigenvalue weighted by Gasteiger charge is 1.96. The predicted molar refractivity (Wildman–Crippen MR) is 57.1 cm³/mol. The third-order valence-electron chi connectivity index (χ3n) is 2.01. The van der Waals surface area contributed by atoms with Crippen molar-refractivity contribution in [3.63, 3.8) is 0 Å². The number of esters is 1. The van der Waals surface area contributed by atoms with E-state index in [1.165, 1.54) is 7.11 Å². The zero-order valence-corrected chi connectivity index (χ0v) is 8.91. The van der Waals surface area contributed by atoms with E-state index < -0.39 is 5.97 Å². The summed E-state index contributed by atoms with van der Waals surface area (Å²) in [6.07, 6.45) is 3.21. The monoisotopic (exact) mass is 203 g/mol. The number of carbonyl (C=O) groups excluding carboxylic acids is 1. The van der Waals surface area contributed by atoms with Crippen LogP contribution in [-0.2, 0) is 16.0 Å². The molecule has 3 nitrogen and oxygen atoms in total. The highest BCUT2D eigenvalue weighted by Crippen LogP contribution is 2.05. The number of rotatable bonds is 2. The Morgan fingerprint density at radius 1 is 1.60 bits per heavy atom. The minimum absolute atomic E-state index is 0.488. The molecule has 1 aromatic heterocycles. The van der Waals surface area contributed by atoms with Crippen LogP contribution in [-0.4, -0.2) is 18.1 Å². The van der Waals surface area contributed by atoms with E-state index in [9.17, 15) is 4.79 Å². The standard InChI is InChI=1S/C12H13NO2/c1-10-11(7-5-9-13-10)6-3-4-8-12(14)15-2/h5,7,9H,3,6H2,1-2H3. The van der Waals surface area contributed by atoms with Gasteiger partial charge in [0.2, 0.25) is 0 Å². The van der Waals surface area contributed by atoms with Gasteiger partial charge in [0.25, 0.3) is 0 Å². The average molecular weight is 203 g/mol. The Labute approximate surface area is 89.5 Å². The van der Waals surface area contributed by atoms with Gasteiger partial charge in [-0.15, -0.1) is 0 Å². The number of ether oxygens (including phenoxy) is 1. The molecule has 0 aromatic carbocycles. The summed E-state index contributed by atoms with van der Waals surface area (Å²) in [7, 11) is 1.32. The molecule has 0 aliphatic rings. The molecule has 0 aliphatic heterocycles. The molecule has 0 unspecified atom stereocenters. The maximum atomic E-state index is 10.7. The molecule has 1 aromatic rings. The van der Waals surface area contributed by atoms with Crippen molar-refractivity contribution in [2.75, 3.05) is 7.11 Å². The molecular formula is C12H13NO2. The number of hydrogen-bond donors (Lipinski definition) is 0. The van der Waals surface area contributed by atoms with Gasteiger partial charge in [0, 0.05) is 24.2 Å². The van der Waals surface area contributed by atoms with E-state index >= 15 is 0 Å². The number of nitrogens with zero attached hydrogens (tertiary/aromatic N) is 1. The summed E-state index contributed by atoms with van der Waals surface area (Å²) in [6, 6.07) is 3.91. The van der Waals surface area contributed by atoms with E-state index in [0.717, 1.165) is 17.7 Å². The smallest absolute Gasteiger partial charge is 0.384 e. The van der Waals surface area contributed by atoms with Crippen LogP contribution in [0.15, 0.2) is 18.3 Å². The molecule has 1 heterocycles. The van der Waals surface area contributed by atoms with E-state index in [1.54, 1.807) is 6.20 Å². The van der Waals surface area contributed by atoms with Gasteiger partial charge in [0.1, 0.15) is 0 Å². The first-order valence-corrected chi connectivity index (χ1v) is 4.71. The molecule has 15 heavy (non-hydrogen) atoms. The molecule has 1 rings (SSSR count). The number of carbonyl (C=O) groups is 1. The van der Waals surface area contributed by atoms with Crippen LogP contribution in [0.2, 0.25) is 0 Å². The van der Waals surface area contributed by atoms with Crippen molar-refractivity contribution in [3.05, 3.63) is 29.6 Å². The second-order valence-electron chi connectivity index (χ2n) is 3.04. The molecule has 0 saturated carbocycles. The lowest BCUT2D eigenvalue weighted by molar-refractivity contribution is -0.133. The fraction of sp³-hybridized carbons (Fsp3) is 0.333. The first-order valence-electron chi connectivity index (χ1n) is 4.71. The van der Waals surface area contributed by atoms with Gasteiger partial charge in [-0.1, -0.05) is 12.0 Å². The maximum Gasteiger partial charge on any atom is 0.384 e. The Balaban J connectivity index is 2.47. The second-order valence-corrected chi connectivity index (χ2v) is 3.04. The lowest BCUT2D eigenvalue weighted by Crippen LogP contribution is -1.95. The predicted octanol–water partition coefficient (Wildman–Crippen LogP) is 1.50. The van der Waals surface area contributed by atoms with E-state index in [0.29, 0.717) is 6.42 Å². The quantitative estimate of drug-likeness (QED) is 0.415. The Kier molecular flexibility index (Phi) is 4.36. The zero-order valence-electron chi connectivity index (χ0n) is 8.91. The van der Waals surface area contributed by atoms with Crippen LogP contribution in [0.5, 0.6) is 0 Å². The van der Waals surface area contributed by atoms with Gasteiger partial charge < -0.3 is 4.74 Å². The van der Waals surface area contributed by atoms with E-state index in [1.807, 2.05) is 19.1 Å². The van der Waals surface area contributed by atoms with Gasteiger partial charge in [-0.25, -0.2) is 4.79 Å². The van der Waals surface area contributed by atoms with Crippen molar-refractivity contribution in [2.45, 2.75) is 19.8 Å². The Morgan fingerprint density at radius 3 is 3.07 bits per heavy atom. The molecule has 3 heteroatoms. The molecule has 0 spiro atoms. The highest BCUT2D eigenvalue weighted by atomic mass is 16.5. The summed E-state index contributed by atoms with van der Waals surface area (Å²) in [6.45, 7) is 1.96. The minimum atomic E-state index is -0.488. The highest BCUT2D eigenvalue weighted by molar-refractivity contribution is 5.88. The number of methoxy groups -OCH3 is 1. The molecule has 78 valence electrons. The van der Waals surface area contributed by atoms with Crippen molar-refractivity contribution >= 4 is 5.97 Å². The second kappa shape index (κ2) is 5.82. The molecule has 0 radical (unpaired) electrons. The van der Waals surface area contributed by atoms with Crippen LogP contribution in [0.1, 0.15) is 17.7 Å². The summed E-state index contributed by atoms with van der Waals surface area (Å²) in [4.78, 5) is 14.9. The first-order chi connectivity index (χ1) is 7.24. The largest absolute Gasteiger partial charge is 0.459 e. The van der Waals surface area contributed by atoms with Crippen molar-refractivity contribution in [1.29, 1.82) is 0 Å². The molecule has 0 aliphatic carbocycles. The molecule has 0 N–H and O–H groups in total. The molecule has 0 amide bonds. The van der Waals surface area contributed by atoms with Crippen LogP contribution >= 0.6 is 0 Å². The molecular weight excluding hydrogens is 190 g/mol. The van der Waals surface area contributed by atoms with E-state index in [-0.39, 0.29) is 0 Å². The molecule has 0 atom stereocenters. The Bertz CT molecular complexity index is 402. The summed E-state index contributed by atoms with van der Waals surface area (Å²) < 4.78 is 4.40. The van der Waals surface area contributed by atoms with Gasteiger partial charge in [-0.05, 0) is 25.0 Å². The van der Waals surface area contributed by atoms with Crippen LogP contribution in [0.25, 0.3) is 0 Å². The summed E-state index contributed by atoms with van der Waals surface area (Å²) in [5.74, 6) is 4.66. The number of pyridine rings is 1. The number of aryl methyl sites for hydroxylation is 2. The normalized spacial score (nSPS) is 8.93. The number of hydrogen-bond acceptors (Lipinski definition) is 3. The first kappa shape index (κ1) is 11.3. The van der Waals surface area contributed by atoms with Gasteiger partial charge in [0.05, 0.1) is 7.11 Å². The molecule has 0 saturated heterocycles. The molecule has 0 bridgehead atoms. The minimum Gasteiger partial charge on any atom is -0.459 e. The Morgan fingerprint density at radius 2 is 2.40 bits per heavy atom. The zero-order chi connectivity index (χ0) is 11.1. The number of aromatic nitrogens is 1. The summed E-state index contributed by atoms with van der Waals surface area (Å²) in [5, 5.41) is 0. The van der Waals surface area contributed by atoms with Crippen LogP contribution in [0.4, 0.5) is 0 Å². The Hall–Kier alpha value is -1.82. The van der Waals surface area contributed by atoms with Crippen LogP contribution in [0, 0.1) is 18.8 Å². The SMILES string of the molecule is COC(=O)C#CCCc1cccnc1C. The lowest BCUT2D eigenvalue weighted by atomic mass is 10.1. The van der Waals surface area contributed by atoms with Gasteiger partial charge in [-0.2, -0.15) is 0 Å². The third kappa shape index (κ3) is 3.82. The van der Waals surface area contributed by atoms with Crippen molar-refractivity contribution in [3.8, 4) is 11.8 Å². The van der Waals surface area contributed by atoms with E-state index in [2.05, 4.69) is 21.6 Å². The summed E-state index contributed by atoms with van der Waals surface area (Å²) >= 11 is 0. The van der Waals surface area contributed by atoms with Gasteiger partial charge >= 0.3 is 5.97 Å². The van der Waals surface area contributed by atoms with Crippen molar-refractivity contribution in [1.82, 2.24) is 4.98 Å². The van der Waals surface area contributed by atoms with Gasteiger partial charge in [0.15, 0.2) is 0 Å². The lowest BCUT2D eigenvalue weighted by Gasteiger charge is -2.00. The van der Waals surface area contributed by atoms with Gasteiger partial charge in [-0.3, -0.25) is 4.98 Å². The maximum absolute atomic E-state index is 10.7. The fourth-order valence-corrected chi connectivity index (χ4v) is 1.16. The van der Waals surface area contributed by atoms with E-state index in [4.69, 9.17) is 0 Å². The molecule has 0 fully saturated rings. The van der Waals surface area contributed by atoms with Crippen molar-refractivity contribution < 1.29 is 9.53 Å². The summed E-state index contributed by atoms with van der Waals surface area (Å²) in [5.41, 5.74) is 2.18. The van der Waals surface area contributed by atoms with Crippen LogP contribution in [0.3, 0.4) is 0 Å². The average Bonchev–Trinajstić information content (AvgIpc) is 2.26. The third-order valence-corrected chi connectivity index (χ3v) is 2.01. The van der Waals surface area contributed by atoms with Crippen LogP contribution < -0.4 is 0 Å². The fourth-order valence-electron chi connectivity index (χ4n) is 1.16.